The summed E-state index contributed by atoms with van der Waals surface area (Å²) in [6.45, 7) is 0. The van der Waals surface area contributed by atoms with Crippen molar-refractivity contribution in [2.75, 3.05) is 0 Å². The van der Waals surface area contributed by atoms with Crippen LogP contribution in [0.25, 0.3) is 132 Å². The molecular formula is C62H38N2. The summed E-state index contributed by atoms with van der Waals surface area (Å²) in [6, 6.07) is 85.3. The van der Waals surface area contributed by atoms with Crippen LogP contribution in [-0.4, -0.2) is 9.13 Å². The van der Waals surface area contributed by atoms with Gasteiger partial charge in [0.2, 0.25) is 0 Å². The summed E-state index contributed by atoms with van der Waals surface area (Å²) in [7, 11) is 0. The molecule has 2 heteroatoms. The molecular weight excluding hydrogens is 773 g/mol. The number of benzene rings is 11. The molecule has 2 heterocycles. The van der Waals surface area contributed by atoms with Crippen molar-refractivity contribution in [3.8, 4) is 67.0 Å². The second kappa shape index (κ2) is 13.5. The Bertz CT molecular complexity index is 4060. The summed E-state index contributed by atoms with van der Waals surface area (Å²) < 4.78 is 4.79. The second-order valence-corrected chi connectivity index (χ2v) is 17.3. The Hall–Kier alpha value is -8.46. The average molecular weight is 811 g/mol. The highest BCUT2D eigenvalue weighted by molar-refractivity contribution is 6.17. The van der Waals surface area contributed by atoms with Gasteiger partial charge in [0.15, 0.2) is 0 Å². The molecule has 0 fully saturated rings. The van der Waals surface area contributed by atoms with Crippen LogP contribution in [-0.2, 0) is 0 Å². The van der Waals surface area contributed by atoms with Gasteiger partial charge in [-0.3, -0.25) is 0 Å². The van der Waals surface area contributed by atoms with Crippen molar-refractivity contribution in [1.82, 2.24) is 9.13 Å². The molecule has 0 radical (unpaired) electrons. The van der Waals surface area contributed by atoms with E-state index in [0.717, 1.165) is 5.69 Å². The van der Waals surface area contributed by atoms with E-state index in [1.807, 2.05) is 0 Å². The highest BCUT2D eigenvalue weighted by Crippen LogP contribution is 2.49. The van der Waals surface area contributed by atoms with E-state index < -0.39 is 0 Å². The van der Waals surface area contributed by atoms with Gasteiger partial charge in [0.25, 0.3) is 0 Å². The van der Waals surface area contributed by atoms with Crippen molar-refractivity contribution in [2.45, 2.75) is 0 Å². The molecule has 0 spiro atoms. The molecule has 2 aromatic heterocycles. The standard InChI is InChI=1S/C62H38N2/c1-3-13-48(14-4-1)63-58-21-10-9-19-52(58)54-35-44(27-29-59(54)63)45-28-31-61-56(37-45)55-36-43(26-30-60(55)64(61)49-15-5-2-6-16-49)41-23-22-40-33-42(25-24-39(40)32-41)47-34-46-12-11-20-53-50-17-7-8-18-51(50)57(38-47)62(46)53/h1-38H. The van der Waals surface area contributed by atoms with Gasteiger partial charge in [-0.15, -0.1) is 0 Å². The van der Waals surface area contributed by atoms with Gasteiger partial charge in [-0.25, -0.2) is 0 Å². The van der Waals surface area contributed by atoms with E-state index in [4.69, 9.17) is 0 Å². The summed E-state index contributed by atoms with van der Waals surface area (Å²) in [4.78, 5) is 0. The summed E-state index contributed by atoms with van der Waals surface area (Å²) in [5, 5.41) is 10.1. The zero-order valence-corrected chi connectivity index (χ0v) is 34.8. The summed E-state index contributed by atoms with van der Waals surface area (Å²) in [5.74, 6) is 0. The van der Waals surface area contributed by atoms with E-state index in [2.05, 4.69) is 240 Å². The Morgan fingerprint density at radius 2 is 0.641 bits per heavy atom. The Morgan fingerprint density at radius 1 is 0.219 bits per heavy atom. The van der Waals surface area contributed by atoms with Crippen LogP contribution in [0, 0.1) is 0 Å². The number of aromatic nitrogens is 2. The molecule has 14 rings (SSSR count). The molecule has 64 heavy (non-hydrogen) atoms. The quantitative estimate of drug-likeness (QED) is 0.164. The first-order chi connectivity index (χ1) is 31.7. The molecule has 13 aromatic rings. The molecule has 0 atom stereocenters. The lowest BCUT2D eigenvalue weighted by Crippen LogP contribution is -1.93. The van der Waals surface area contributed by atoms with E-state index in [9.17, 15) is 0 Å². The third-order valence-electron chi connectivity index (χ3n) is 13.8. The van der Waals surface area contributed by atoms with E-state index in [1.165, 1.54) is 126 Å². The largest absolute Gasteiger partial charge is 0.309 e. The highest BCUT2D eigenvalue weighted by atomic mass is 15.0. The lowest BCUT2D eigenvalue weighted by molar-refractivity contribution is 1.18. The number of hydrogen-bond acceptors (Lipinski definition) is 0. The van der Waals surface area contributed by atoms with Crippen LogP contribution in [0.1, 0.15) is 0 Å². The third-order valence-corrected chi connectivity index (χ3v) is 13.8. The maximum absolute atomic E-state index is 2.41. The van der Waals surface area contributed by atoms with Crippen molar-refractivity contribution in [1.29, 1.82) is 0 Å². The van der Waals surface area contributed by atoms with Crippen LogP contribution < -0.4 is 0 Å². The topological polar surface area (TPSA) is 9.86 Å². The number of rotatable bonds is 5. The molecule has 296 valence electrons. The maximum Gasteiger partial charge on any atom is 0.0541 e. The molecule has 2 nitrogen and oxygen atoms in total. The molecule has 1 aliphatic rings. The van der Waals surface area contributed by atoms with Crippen LogP contribution >= 0.6 is 0 Å². The normalized spacial score (nSPS) is 12.1. The van der Waals surface area contributed by atoms with Gasteiger partial charge in [-0.2, -0.15) is 0 Å². The molecule has 0 bridgehead atoms. The maximum atomic E-state index is 2.41. The van der Waals surface area contributed by atoms with Crippen LogP contribution in [0.2, 0.25) is 0 Å². The number of hydrogen-bond donors (Lipinski definition) is 0. The van der Waals surface area contributed by atoms with Gasteiger partial charge < -0.3 is 9.13 Å². The van der Waals surface area contributed by atoms with E-state index in [-0.39, 0.29) is 0 Å². The fraction of sp³-hybridized carbons (Fsp3) is 0. The molecule has 0 unspecified atom stereocenters. The Labute approximate surface area is 370 Å². The molecule has 0 saturated carbocycles. The van der Waals surface area contributed by atoms with Gasteiger partial charge in [-0.05, 0) is 168 Å². The van der Waals surface area contributed by atoms with Gasteiger partial charge in [0.1, 0.15) is 0 Å². The van der Waals surface area contributed by atoms with Crippen molar-refractivity contribution >= 4 is 65.2 Å². The van der Waals surface area contributed by atoms with Gasteiger partial charge in [-0.1, -0.05) is 140 Å². The smallest absolute Gasteiger partial charge is 0.0541 e. The van der Waals surface area contributed by atoms with Gasteiger partial charge in [0, 0.05) is 32.9 Å². The van der Waals surface area contributed by atoms with Crippen molar-refractivity contribution in [3.63, 3.8) is 0 Å². The first-order valence-corrected chi connectivity index (χ1v) is 22.2. The molecule has 0 N–H and O–H groups in total. The van der Waals surface area contributed by atoms with Crippen molar-refractivity contribution in [3.05, 3.63) is 231 Å². The second-order valence-electron chi connectivity index (χ2n) is 17.3. The average Bonchev–Trinajstić information content (AvgIpc) is 4.00. The van der Waals surface area contributed by atoms with Gasteiger partial charge in [0.05, 0.1) is 22.1 Å². The minimum Gasteiger partial charge on any atom is -0.309 e. The number of nitrogens with zero attached hydrogens (tertiary/aromatic N) is 2. The van der Waals surface area contributed by atoms with Crippen molar-refractivity contribution < 1.29 is 0 Å². The molecule has 11 aromatic carbocycles. The zero-order valence-electron chi connectivity index (χ0n) is 34.8. The third kappa shape index (κ3) is 5.20. The fourth-order valence-electron chi connectivity index (χ4n) is 10.8. The Morgan fingerprint density at radius 3 is 1.23 bits per heavy atom. The van der Waals surface area contributed by atoms with E-state index >= 15 is 0 Å². The van der Waals surface area contributed by atoms with Crippen LogP contribution in [0.15, 0.2) is 231 Å². The highest BCUT2D eigenvalue weighted by Gasteiger charge is 2.22. The monoisotopic (exact) mass is 810 g/mol. The van der Waals surface area contributed by atoms with Gasteiger partial charge >= 0.3 is 0 Å². The fourth-order valence-corrected chi connectivity index (χ4v) is 10.8. The van der Waals surface area contributed by atoms with E-state index in [1.54, 1.807) is 0 Å². The SMILES string of the molecule is c1ccc(-n2c3ccccc3c3cc(-c4ccc5c(c4)c4cc(-c6ccc7cc(-c8cc9c%10c(cccc%10c8)-c8ccccc8-9)ccc7c6)ccc4n5-c4ccccc4)ccc32)cc1. The minimum atomic E-state index is 1.16. The predicted octanol–water partition coefficient (Wildman–Crippen LogP) is 16.8. The number of fused-ring (bicyclic) bond motifs is 10. The molecule has 0 aliphatic heterocycles. The lowest BCUT2D eigenvalue weighted by Gasteiger charge is -2.11. The molecule has 0 saturated heterocycles. The molecule has 0 amide bonds. The number of para-hydroxylation sites is 3. The van der Waals surface area contributed by atoms with Crippen LogP contribution in [0.3, 0.4) is 0 Å². The molecule has 1 aliphatic carbocycles. The van der Waals surface area contributed by atoms with E-state index in [0.29, 0.717) is 0 Å². The first kappa shape index (κ1) is 35.2. The zero-order chi connectivity index (χ0) is 41.9. The summed E-state index contributed by atoms with van der Waals surface area (Å²) >= 11 is 0. The Balaban J connectivity index is 0.882. The minimum absolute atomic E-state index is 1.16. The lowest BCUT2D eigenvalue weighted by atomic mass is 9.94. The Kier molecular flexibility index (Phi) is 7.43. The van der Waals surface area contributed by atoms with Crippen LogP contribution in [0.5, 0.6) is 0 Å². The predicted molar refractivity (Wildman–Crippen MR) is 271 cm³/mol. The van der Waals surface area contributed by atoms with Crippen LogP contribution in [0.4, 0.5) is 0 Å². The van der Waals surface area contributed by atoms with Crippen molar-refractivity contribution in [2.24, 2.45) is 0 Å². The summed E-state index contributed by atoms with van der Waals surface area (Å²) in [6.07, 6.45) is 0. The summed E-state index contributed by atoms with van der Waals surface area (Å²) in [5.41, 5.74) is 19.8. The first-order valence-electron chi connectivity index (χ1n) is 22.2.